The summed E-state index contributed by atoms with van der Waals surface area (Å²) in [6.45, 7) is 0.337. The van der Waals surface area contributed by atoms with E-state index in [1.807, 2.05) is 12.1 Å². The summed E-state index contributed by atoms with van der Waals surface area (Å²) < 4.78 is 14.1. The molecule has 2 nitrogen and oxygen atoms in total. The van der Waals surface area contributed by atoms with Crippen LogP contribution in [0, 0.1) is 17.1 Å². The Balaban J connectivity index is 0.00000144. The molecule has 0 aliphatic heterocycles. The van der Waals surface area contributed by atoms with Gasteiger partial charge in [0.25, 0.3) is 0 Å². The van der Waals surface area contributed by atoms with E-state index >= 15 is 0 Å². The van der Waals surface area contributed by atoms with Crippen molar-refractivity contribution in [1.82, 2.24) is 0 Å². The quantitative estimate of drug-likeness (QED) is 0.891. The summed E-state index contributed by atoms with van der Waals surface area (Å²) in [5, 5.41) is 10.3. The van der Waals surface area contributed by atoms with Crippen molar-refractivity contribution in [2.75, 3.05) is 6.54 Å². The minimum Gasteiger partial charge on any atom is -0.330 e. The minimum atomic E-state index is -0.319. The van der Waals surface area contributed by atoms with Gasteiger partial charge in [0.2, 0.25) is 0 Å². The highest BCUT2D eigenvalue weighted by Gasteiger charge is 2.12. The average molecular weight is 251 g/mol. The van der Waals surface area contributed by atoms with Gasteiger partial charge < -0.3 is 5.73 Å². The van der Waals surface area contributed by atoms with Crippen LogP contribution in [0.2, 0.25) is 0 Å². The highest BCUT2D eigenvalue weighted by molar-refractivity contribution is 5.86. The van der Waals surface area contributed by atoms with Gasteiger partial charge in [0.05, 0.1) is 11.6 Å². The molecule has 0 aliphatic carbocycles. The summed E-state index contributed by atoms with van der Waals surface area (Å²) >= 11 is 0. The standard InChI is InChI=1S/C13H11FN2.ClH/c14-13-11-4-2-1-3-9(11)7-10(8-16)12(13)5-6-15;/h1-4,7H,5-6,15H2;1H. The fraction of sp³-hybridized carbons (Fsp3) is 0.154. The van der Waals surface area contributed by atoms with Crippen molar-refractivity contribution in [3.63, 3.8) is 0 Å². The van der Waals surface area contributed by atoms with E-state index < -0.39 is 0 Å². The molecule has 0 unspecified atom stereocenters. The number of nitrogens with two attached hydrogens (primary N) is 1. The van der Waals surface area contributed by atoms with Crippen molar-refractivity contribution in [2.24, 2.45) is 5.73 Å². The van der Waals surface area contributed by atoms with Crippen LogP contribution in [0.15, 0.2) is 30.3 Å². The number of fused-ring (bicyclic) bond motifs is 1. The third kappa shape index (κ3) is 2.38. The second kappa shape index (κ2) is 5.62. The Morgan fingerprint density at radius 1 is 1.29 bits per heavy atom. The van der Waals surface area contributed by atoms with Gasteiger partial charge in [-0.3, -0.25) is 0 Å². The summed E-state index contributed by atoms with van der Waals surface area (Å²) in [6, 6.07) is 10.8. The Morgan fingerprint density at radius 3 is 2.65 bits per heavy atom. The molecule has 2 rings (SSSR count). The Bertz CT molecular complexity index is 575. The molecule has 0 radical (unpaired) electrons. The van der Waals surface area contributed by atoms with E-state index in [1.54, 1.807) is 24.3 Å². The predicted octanol–water partition coefficient (Wildman–Crippen LogP) is 2.77. The number of rotatable bonds is 2. The lowest BCUT2D eigenvalue weighted by atomic mass is 9.98. The zero-order valence-corrected chi connectivity index (χ0v) is 9.93. The van der Waals surface area contributed by atoms with Crippen molar-refractivity contribution in [3.05, 3.63) is 47.3 Å². The lowest BCUT2D eigenvalue weighted by Crippen LogP contribution is -2.07. The maximum atomic E-state index is 14.1. The van der Waals surface area contributed by atoms with Crippen LogP contribution in [0.25, 0.3) is 10.8 Å². The first kappa shape index (κ1) is 13.4. The summed E-state index contributed by atoms with van der Waals surface area (Å²) in [6.07, 6.45) is 0.388. The Labute approximate surface area is 105 Å². The highest BCUT2D eigenvalue weighted by atomic mass is 35.5. The molecule has 0 atom stereocenters. The molecule has 0 aromatic heterocycles. The molecule has 0 heterocycles. The monoisotopic (exact) mass is 250 g/mol. The van der Waals surface area contributed by atoms with Crippen LogP contribution in [0.3, 0.4) is 0 Å². The van der Waals surface area contributed by atoms with Crippen molar-refractivity contribution < 1.29 is 4.39 Å². The largest absolute Gasteiger partial charge is 0.330 e. The van der Waals surface area contributed by atoms with E-state index in [0.717, 1.165) is 5.39 Å². The van der Waals surface area contributed by atoms with E-state index in [-0.39, 0.29) is 18.2 Å². The first-order chi connectivity index (χ1) is 7.77. The van der Waals surface area contributed by atoms with E-state index in [2.05, 4.69) is 0 Å². The molecule has 17 heavy (non-hydrogen) atoms. The molecule has 88 valence electrons. The van der Waals surface area contributed by atoms with E-state index in [4.69, 9.17) is 11.0 Å². The van der Waals surface area contributed by atoms with Gasteiger partial charge in [0.15, 0.2) is 0 Å². The normalized spacial score (nSPS) is 9.71. The number of nitriles is 1. The first-order valence-corrected chi connectivity index (χ1v) is 5.08. The Morgan fingerprint density at radius 2 is 2.00 bits per heavy atom. The van der Waals surface area contributed by atoms with E-state index in [1.165, 1.54) is 0 Å². The van der Waals surface area contributed by atoms with Crippen molar-refractivity contribution in [3.8, 4) is 6.07 Å². The van der Waals surface area contributed by atoms with Crippen LogP contribution in [0.4, 0.5) is 4.39 Å². The zero-order valence-electron chi connectivity index (χ0n) is 9.11. The second-order valence-corrected chi connectivity index (χ2v) is 3.59. The molecule has 0 spiro atoms. The van der Waals surface area contributed by atoms with Gasteiger partial charge in [-0.1, -0.05) is 24.3 Å². The summed E-state index contributed by atoms with van der Waals surface area (Å²) in [5.74, 6) is -0.319. The first-order valence-electron chi connectivity index (χ1n) is 5.08. The van der Waals surface area contributed by atoms with Gasteiger partial charge in [-0.05, 0) is 24.4 Å². The van der Waals surface area contributed by atoms with Gasteiger partial charge >= 0.3 is 0 Å². The average Bonchev–Trinajstić information content (AvgIpc) is 2.33. The lowest BCUT2D eigenvalue weighted by Gasteiger charge is -2.07. The number of hydrogen-bond donors (Lipinski definition) is 1. The van der Waals surface area contributed by atoms with Crippen LogP contribution in [0.5, 0.6) is 0 Å². The molecule has 2 aromatic carbocycles. The molecular weight excluding hydrogens is 239 g/mol. The Hall–Kier alpha value is -1.63. The number of nitrogens with zero attached hydrogens (tertiary/aromatic N) is 1. The van der Waals surface area contributed by atoms with Gasteiger partial charge in [-0.15, -0.1) is 12.4 Å². The molecular formula is C13H12ClFN2. The maximum absolute atomic E-state index is 14.1. The summed E-state index contributed by atoms with van der Waals surface area (Å²) in [4.78, 5) is 0. The smallest absolute Gasteiger partial charge is 0.135 e. The van der Waals surface area contributed by atoms with Crippen molar-refractivity contribution >= 4 is 23.2 Å². The summed E-state index contributed by atoms with van der Waals surface area (Å²) in [5.41, 5.74) is 6.22. The van der Waals surface area contributed by atoms with E-state index in [0.29, 0.717) is 29.5 Å². The third-order valence-electron chi connectivity index (χ3n) is 2.60. The number of halogens is 2. The second-order valence-electron chi connectivity index (χ2n) is 3.59. The third-order valence-corrected chi connectivity index (χ3v) is 2.60. The predicted molar refractivity (Wildman–Crippen MR) is 68.6 cm³/mol. The van der Waals surface area contributed by atoms with Gasteiger partial charge in [-0.2, -0.15) is 5.26 Å². The number of benzene rings is 2. The van der Waals surface area contributed by atoms with Gasteiger partial charge in [0, 0.05) is 10.9 Å². The molecule has 2 N–H and O–H groups in total. The fourth-order valence-electron chi connectivity index (χ4n) is 1.83. The van der Waals surface area contributed by atoms with Crippen LogP contribution < -0.4 is 5.73 Å². The molecule has 0 amide bonds. The molecule has 0 aliphatic rings. The molecule has 4 heteroatoms. The van der Waals surface area contributed by atoms with Crippen molar-refractivity contribution in [1.29, 1.82) is 5.26 Å². The van der Waals surface area contributed by atoms with E-state index in [9.17, 15) is 4.39 Å². The minimum absolute atomic E-state index is 0. The fourth-order valence-corrected chi connectivity index (χ4v) is 1.83. The lowest BCUT2D eigenvalue weighted by molar-refractivity contribution is 0.621. The van der Waals surface area contributed by atoms with Crippen LogP contribution in [0.1, 0.15) is 11.1 Å². The highest BCUT2D eigenvalue weighted by Crippen LogP contribution is 2.24. The molecule has 2 aromatic rings. The zero-order chi connectivity index (χ0) is 11.5. The number of hydrogen-bond acceptors (Lipinski definition) is 2. The maximum Gasteiger partial charge on any atom is 0.135 e. The molecule has 0 fully saturated rings. The van der Waals surface area contributed by atoms with Crippen LogP contribution >= 0.6 is 12.4 Å². The SMILES string of the molecule is Cl.N#Cc1cc2ccccc2c(F)c1CCN. The van der Waals surface area contributed by atoms with Gasteiger partial charge in [-0.25, -0.2) is 4.39 Å². The van der Waals surface area contributed by atoms with Crippen molar-refractivity contribution in [2.45, 2.75) is 6.42 Å². The molecule has 0 saturated heterocycles. The molecule has 0 saturated carbocycles. The topological polar surface area (TPSA) is 49.8 Å². The van der Waals surface area contributed by atoms with Gasteiger partial charge in [0.1, 0.15) is 5.82 Å². The Kier molecular flexibility index (Phi) is 4.45. The molecule has 0 bridgehead atoms. The van der Waals surface area contributed by atoms with Crippen LogP contribution in [-0.2, 0) is 6.42 Å². The van der Waals surface area contributed by atoms with Crippen LogP contribution in [-0.4, -0.2) is 6.54 Å². The summed E-state index contributed by atoms with van der Waals surface area (Å²) in [7, 11) is 0.